The molecular weight excluding hydrogens is 266 g/mol. The Hall–Kier alpha value is -1.78. The number of hydrogen-bond acceptors (Lipinski definition) is 4. The molecule has 2 atom stereocenters. The molecule has 4 rings (SSSR count). The predicted octanol–water partition coefficient (Wildman–Crippen LogP) is 1.71. The average Bonchev–Trinajstić information content (AvgIpc) is 2.85. The summed E-state index contributed by atoms with van der Waals surface area (Å²) in [4.78, 5) is 2.41. The summed E-state index contributed by atoms with van der Waals surface area (Å²) in [5.41, 5.74) is 3.26. The van der Waals surface area contributed by atoms with Crippen LogP contribution in [0.25, 0.3) is 0 Å². The number of aliphatic hydroxyl groups is 1. The van der Waals surface area contributed by atoms with Crippen LogP contribution in [0.5, 0.6) is 11.5 Å². The third kappa shape index (κ3) is 1.63. The lowest BCUT2D eigenvalue weighted by Gasteiger charge is -2.47. The highest BCUT2D eigenvalue weighted by atomic mass is 16.5. The summed E-state index contributed by atoms with van der Waals surface area (Å²) in [7, 11) is 1.57. The summed E-state index contributed by atoms with van der Waals surface area (Å²) in [5.74, 6) is 0.691. The van der Waals surface area contributed by atoms with Crippen molar-refractivity contribution in [2.24, 2.45) is 0 Å². The first-order valence-corrected chi connectivity index (χ1v) is 7.37. The van der Waals surface area contributed by atoms with Crippen molar-refractivity contribution in [1.82, 2.24) is 4.90 Å². The third-order valence-electron chi connectivity index (χ3n) is 5.05. The van der Waals surface area contributed by atoms with Crippen molar-refractivity contribution in [3.05, 3.63) is 47.1 Å². The standard InChI is InChI=1S/C17H19NO3/c1-21-16-8-11-4-6-18-7-5-12-2-3-13(19)10-17(12,18)14(11)9-15(16)20/h2-3,5,8-9,13,19-20H,4,6-7,10H2,1H3. The van der Waals surface area contributed by atoms with Gasteiger partial charge in [0, 0.05) is 19.5 Å². The van der Waals surface area contributed by atoms with Gasteiger partial charge in [0.2, 0.25) is 0 Å². The van der Waals surface area contributed by atoms with Crippen LogP contribution in [0.2, 0.25) is 0 Å². The molecule has 0 radical (unpaired) electrons. The third-order valence-corrected chi connectivity index (χ3v) is 5.05. The molecule has 2 N–H and O–H groups in total. The lowest BCUT2D eigenvalue weighted by Crippen LogP contribution is -2.51. The summed E-state index contributed by atoms with van der Waals surface area (Å²) in [6.07, 6.45) is 7.27. The number of phenols is 1. The van der Waals surface area contributed by atoms with Gasteiger partial charge in [0.25, 0.3) is 0 Å². The van der Waals surface area contributed by atoms with Gasteiger partial charge in [-0.1, -0.05) is 18.2 Å². The van der Waals surface area contributed by atoms with E-state index in [1.54, 1.807) is 7.11 Å². The van der Waals surface area contributed by atoms with Gasteiger partial charge in [-0.2, -0.15) is 0 Å². The lowest BCUT2D eigenvalue weighted by atomic mass is 9.71. The molecule has 4 heteroatoms. The van der Waals surface area contributed by atoms with Crippen LogP contribution in [-0.4, -0.2) is 41.4 Å². The molecule has 2 aliphatic heterocycles. The second-order valence-electron chi connectivity index (χ2n) is 6.03. The molecule has 4 nitrogen and oxygen atoms in total. The first-order valence-electron chi connectivity index (χ1n) is 7.37. The van der Waals surface area contributed by atoms with E-state index in [0.717, 1.165) is 25.1 Å². The van der Waals surface area contributed by atoms with Gasteiger partial charge in [-0.05, 0) is 35.3 Å². The first kappa shape index (κ1) is 12.9. The topological polar surface area (TPSA) is 52.9 Å². The molecule has 1 aliphatic carbocycles. The summed E-state index contributed by atoms with van der Waals surface area (Å²) in [6.45, 7) is 1.86. The number of methoxy groups -OCH3 is 1. The minimum absolute atomic E-state index is 0.169. The van der Waals surface area contributed by atoms with Gasteiger partial charge in [0.15, 0.2) is 11.5 Å². The largest absolute Gasteiger partial charge is 0.504 e. The Labute approximate surface area is 124 Å². The molecule has 3 aliphatic rings. The van der Waals surface area contributed by atoms with Crippen LogP contribution in [0.1, 0.15) is 17.5 Å². The zero-order valence-corrected chi connectivity index (χ0v) is 12.0. The Morgan fingerprint density at radius 2 is 2.24 bits per heavy atom. The van der Waals surface area contributed by atoms with Gasteiger partial charge >= 0.3 is 0 Å². The average molecular weight is 285 g/mol. The number of benzene rings is 1. The quantitative estimate of drug-likeness (QED) is 0.825. The zero-order valence-electron chi connectivity index (χ0n) is 12.0. The maximum atomic E-state index is 10.2. The predicted molar refractivity (Wildman–Crippen MR) is 79.5 cm³/mol. The minimum Gasteiger partial charge on any atom is -0.504 e. The van der Waals surface area contributed by atoms with Gasteiger partial charge in [-0.15, -0.1) is 0 Å². The maximum Gasteiger partial charge on any atom is 0.160 e. The van der Waals surface area contributed by atoms with Gasteiger partial charge in [0.05, 0.1) is 18.8 Å². The number of phenolic OH excluding ortho intramolecular Hbond substituents is 1. The van der Waals surface area contributed by atoms with Crippen molar-refractivity contribution >= 4 is 0 Å². The van der Waals surface area contributed by atoms with Gasteiger partial charge in [0.1, 0.15) is 0 Å². The van der Waals surface area contributed by atoms with E-state index >= 15 is 0 Å². The zero-order chi connectivity index (χ0) is 14.6. The number of nitrogens with zero attached hydrogens (tertiary/aromatic N) is 1. The van der Waals surface area contributed by atoms with E-state index in [-0.39, 0.29) is 11.3 Å². The van der Waals surface area contributed by atoms with Crippen molar-refractivity contribution in [1.29, 1.82) is 0 Å². The molecule has 0 aromatic heterocycles. The van der Waals surface area contributed by atoms with E-state index < -0.39 is 6.10 Å². The molecule has 110 valence electrons. The number of hydrogen-bond donors (Lipinski definition) is 2. The highest BCUT2D eigenvalue weighted by Gasteiger charge is 2.49. The molecule has 2 unspecified atom stereocenters. The van der Waals surface area contributed by atoms with Crippen LogP contribution in [-0.2, 0) is 12.0 Å². The van der Waals surface area contributed by atoms with E-state index in [0.29, 0.717) is 12.2 Å². The summed E-state index contributed by atoms with van der Waals surface area (Å²) >= 11 is 0. The second kappa shape index (κ2) is 4.36. The Morgan fingerprint density at radius 1 is 1.38 bits per heavy atom. The van der Waals surface area contributed by atoms with Crippen molar-refractivity contribution in [2.75, 3.05) is 20.2 Å². The van der Waals surface area contributed by atoms with Crippen LogP contribution >= 0.6 is 0 Å². The minimum atomic E-state index is -0.446. The smallest absolute Gasteiger partial charge is 0.160 e. The first-order chi connectivity index (χ1) is 10.1. The molecule has 0 saturated heterocycles. The van der Waals surface area contributed by atoms with E-state index in [4.69, 9.17) is 4.74 Å². The van der Waals surface area contributed by atoms with Gasteiger partial charge in [-0.3, -0.25) is 4.90 Å². The van der Waals surface area contributed by atoms with Crippen molar-refractivity contribution < 1.29 is 14.9 Å². The molecule has 1 spiro atoms. The van der Waals surface area contributed by atoms with Crippen LogP contribution in [0.4, 0.5) is 0 Å². The highest BCUT2D eigenvalue weighted by molar-refractivity contribution is 5.57. The Bertz CT molecular complexity index is 664. The Balaban J connectivity index is 1.94. The fourth-order valence-electron chi connectivity index (χ4n) is 4.09. The Morgan fingerprint density at radius 3 is 3.05 bits per heavy atom. The number of ether oxygens (including phenoxy) is 1. The molecule has 0 bridgehead atoms. The van der Waals surface area contributed by atoms with Crippen LogP contribution in [0, 0.1) is 0 Å². The molecule has 21 heavy (non-hydrogen) atoms. The van der Waals surface area contributed by atoms with Crippen molar-refractivity contribution in [3.8, 4) is 11.5 Å². The fraction of sp³-hybridized carbons (Fsp3) is 0.412. The van der Waals surface area contributed by atoms with E-state index in [9.17, 15) is 10.2 Å². The number of aromatic hydroxyl groups is 1. The Kier molecular flexibility index (Phi) is 2.68. The number of rotatable bonds is 1. The van der Waals surface area contributed by atoms with E-state index in [1.165, 1.54) is 11.1 Å². The molecule has 1 aromatic rings. The summed E-state index contributed by atoms with van der Waals surface area (Å²) < 4.78 is 5.24. The van der Waals surface area contributed by atoms with Gasteiger partial charge < -0.3 is 14.9 Å². The summed E-state index contributed by atoms with van der Waals surface area (Å²) in [5, 5.41) is 20.4. The molecular formula is C17H19NO3. The maximum absolute atomic E-state index is 10.2. The van der Waals surface area contributed by atoms with Crippen LogP contribution in [0.3, 0.4) is 0 Å². The SMILES string of the molecule is COc1cc2c(cc1O)C13CC(O)C=CC1=CCN3CC2. The number of aliphatic hydroxyl groups excluding tert-OH is 1. The molecule has 2 heterocycles. The normalized spacial score (nSPS) is 30.4. The molecule has 0 fully saturated rings. The molecule has 0 amide bonds. The highest BCUT2D eigenvalue weighted by Crippen LogP contribution is 2.51. The monoisotopic (exact) mass is 285 g/mol. The van der Waals surface area contributed by atoms with E-state index in [2.05, 4.69) is 11.0 Å². The van der Waals surface area contributed by atoms with Crippen molar-refractivity contribution in [3.63, 3.8) is 0 Å². The fourth-order valence-corrected chi connectivity index (χ4v) is 4.09. The number of fused-ring (bicyclic) bond motifs is 1. The second-order valence-corrected chi connectivity index (χ2v) is 6.03. The van der Waals surface area contributed by atoms with E-state index in [1.807, 2.05) is 24.3 Å². The lowest BCUT2D eigenvalue weighted by molar-refractivity contribution is 0.0769. The molecule has 0 saturated carbocycles. The van der Waals surface area contributed by atoms with Crippen LogP contribution < -0.4 is 4.74 Å². The van der Waals surface area contributed by atoms with Crippen LogP contribution in [0.15, 0.2) is 35.9 Å². The summed E-state index contributed by atoms with van der Waals surface area (Å²) in [6, 6.07) is 3.77. The van der Waals surface area contributed by atoms with Gasteiger partial charge in [-0.25, -0.2) is 0 Å². The molecule has 1 aromatic carbocycles. The van der Waals surface area contributed by atoms with Crippen molar-refractivity contribution in [2.45, 2.75) is 24.5 Å².